The van der Waals surface area contributed by atoms with Crippen molar-refractivity contribution in [2.45, 2.75) is 38.8 Å². The molecule has 10 heteroatoms. The van der Waals surface area contributed by atoms with Gasteiger partial charge < -0.3 is 26.0 Å². The number of carbonyl (C=O) groups excluding carboxylic acids is 1. The second kappa shape index (κ2) is 8.87. The van der Waals surface area contributed by atoms with Gasteiger partial charge >= 0.3 is 6.09 Å². The molecule has 1 aliphatic rings. The Kier molecular flexibility index (Phi) is 6.25. The predicted molar refractivity (Wildman–Crippen MR) is 115 cm³/mol. The van der Waals surface area contributed by atoms with E-state index in [9.17, 15) is 14.9 Å². The lowest BCUT2D eigenvalue weighted by Crippen LogP contribution is -2.40. The number of rotatable bonds is 5. The number of nitrogens with one attached hydrogen (secondary N) is 3. The van der Waals surface area contributed by atoms with Crippen molar-refractivity contribution in [3.63, 3.8) is 0 Å². The summed E-state index contributed by atoms with van der Waals surface area (Å²) in [6.07, 6.45) is 1.03. The summed E-state index contributed by atoms with van der Waals surface area (Å²) in [7, 11) is 0. The summed E-state index contributed by atoms with van der Waals surface area (Å²) in [5.74, 6) is 0.589. The highest BCUT2D eigenvalue weighted by Crippen LogP contribution is 2.23. The third-order valence-electron chi connectivity index (χ3n) is 4.59. The summed E-state index contributed by atoms with van der Waals surface area (Å²) in [5, 5.41) is 26.8. The maximum atomic E-state index is 12.3. The van der Waals surface area contributed by atoms with E-state index >= 15 is 0 Å². The van der Waals surface area contributed by atoms with Crippen LogP contribution in [0.4, 0.5) is 22.2 Å². The molecular formula is C21H25N7O3. The predicted octanol–water partition coefficient (Wildman–Crippen LogP) is 2.47. The van der Waals surface area contributed by atoms with Gasteiger partial charge in [-0.25, -0.2) is 9.78 Å². The zero-order valence-corrected chi connectivity index (χ0v) is 17.6. The summed E-state index contributed by atoms with van der Waals surface area (Å²) in [6.45, 7) is 6.80. The number of carboxylic acid groups (broad SMARTS) is 1. The van der Waals surface area contributed by atoms with E-state index in [2.05, 4.69) is 32.0 Å². The van der Waals surface area contributed by atoms with Crippen molar-refractivity contribution in [1.29, 1.82) is 5.26 Å². The molecular weight excluding hydrogens is 398 g/mol. The van der Waals surface area contributed by atoms with Gasteiger partial charge in [0.05, 0.1) is 12.2 Å². The van der Waals surface area contributed by atoms with E-state index in [1.807, 2.05) is 25.7 Å². The van der Waals surface area contributed by atoms with Crippen molar-refractivity contribution >= 4 is 29.5 Å². The molecule has 1 aliphatic heterocycles. The minimum Gasteiger partial charge on any atom is -0.465 e. The number of anilines is 3. The third-order valence-corrected chi connectivity index (χ3v) is 4.59. The summed E-state index contributed by atoms with van der Waals surface area (Å²) in [6, 6.07) is 8.74. The molecule has 2 aromatic rings. The van der Waals surface area contributed by atoms with Gasteiger partial charge in [-0.1, -0.05) is 0 Å². The summed E-state index contributed by atoms with van der Waals surface area (Å²) in [5.41, 5.74) is 1.14. The highest BCUT2D eigenvalue weighted by Gasteiger charge is 2.26. The Morgan fingerprint density at radius 3 is 2.58 bits per heavy atom. The van der Waals surface area contributed by atoms with Crippen molar-refractivity contribution in [3.8, 4) is 6.07 Å². The van der Waals surface area contributed by atoms with Crippen LogP contribution in [0.25, 0.3) is 0 Å². The molecule has 2 heterocycles. The first kappa shape index (κ1) is 21.8. The fourth-order valence-corrected chi connectivity index (χ4v) is 3.19. The summed E-state index contributed by atoms with van der Waals surface area (Å²) in [4.78, 5) is 33.7. The molecule has 31 heavy (non-hydrogen) atoms. The zero-order chi connectivity index (χ0) is 22.6. The monoisotopic (exact) mass is 423 g/mol. The van der Waals surface area contributed by atoms with Gasteiger partial charge in [-0.15, -0.1) is 0 Å². The van der Waals surface area contributed by atoms with Gasteiger partial charge in [-0.2, -0.15) is 10.2 Å². The van der Waals surface area contributed by atoms with Crippen LogP contribution < -0.4 is 20.9 Å². The number of nitriles is 1. The van der Waals surface area contributed by atoms with E-state index in [1.165, 1.54) is 6.20 Å². The van der Waals surface area contributed by atoms with E-state index in [1.54, 1.807) is 24.3 Å². The normalized spacial score (nSPS) is 15.8. The van der Waals surface area contributed by atoms with Gasteiger partial charge in [-0.05, 0) is 51.5 Å². The number of benzene rings is 1. The molecule has 1 atom stereocenters. The second-order valence-corrected chi connectivity index (χ2v) is 8.33. The van der Waals surface area contributed by atoms with Gasteiger partial charge in [-0.3, -0.25) is 4.79 Å². The summed E-state index contributed by atoms with van der Waals surface area (Å²) >= 11 is 0. The first-order valence-corrected chi connectivity index (χ1v) is 9.86. The van der Waals surface area contributed by atoms with Crippen molar-refractivity contribution in [3.05, 3.63) is 41.6 Å². The van der Waals surface area contributed by atoms with Crippen LogP contribution in [-0.4, -0.2) is 51.7 Å². The molecule has 1 fully saturated rings. The smallest absolute Gasteiger partial charge is 0.404 e. The maximum Gasteiger partial charge on any atom is 0.404 e. The van der Waals surface area contributed by atoms with Gasteiger partial charge in [0.15, 0.2) is 5.82 Å². The van der Waals surface area contributed by atoms with Crippen LogP contribution in [0.2, 0.25) is 0 Å². The minimum atomic E-state index is -1.06. The fourth-order valence-electron chi connectivity index (χ4n) is 3.19. The zero-order valence-electron chi connectivity index (χ0n) is 17.6. The quantitative estimate of drug-likeness (QED) is 0.574. The van der Waals surface area contributed by atoms with Crippen LogP contribution in [0.3, 0.4) is 0 Å². The number of carbonyl (C=O) groups is 2. The molecule has 0 radical (unpaired) electrons. The SMILES string of the molecule is CC(C)(C)NC(=O)c1ccc(Nc2nc(N3CC[C@H](NC(=O)O)C3)ncc2C#N)cc1. The molecule has 0 unspecified atom stereocenters. The molecule has 0 spiro atoms. The molecule has 3 rings (SSSR count). The van der Waals surface area contributed by atoms with Crippen molar-refractivity contribution in [2.24, 2.45) is 0 Å². The first-order chi connectivity index (χ1) is 14.6. The lowest BCUT2D eigenvalue weighted by molar-refractivity contribution is 0.0919. The number of nitrogens with zero attached hydrogens (tertiary/aromatic N) is 4. The molecule has 1 aromatic heterocycles. The van der Waals surface area contributed by atoms with Crippen molar-refractivity contribution in [1.82, 2.24) is 20.6 Å². The Labute approximate surface area is 180 Å². The topological polar surface area (TPSA) is 143 Å². The Morgan fingerprint density at radius 2 is 1.97 bits per heavy atom. The highest BCUT2D eigenvalue weighted by molar-refractivity contribution is 5.95. The Morgan fingerprint density at radius 1 is 1.26 bits per heavy atom. The van der Waals surface area contributed by atoms with E-state index in [0.29, 0.717) is 42.5 Å². The molecule has 0 saturated carbocycles. The molecule has 1 saturated heterocycles. The minimum absolute atomic E-state index is 0.167. The standard InChI is InChI=1S/C21H25N7O3/c1-21(2,3)27-18(29)13-4-6-15(7-5-13)24-17-14(10-22)11-23-19(26-17)28-9-8-16(12-28)25-20(30)31/h4-7,11,16,25H,8-9,12H2,1-3H3,(H,27,29)(H,30,31)(H,23,24,26)/t16-/m0/s1. The van der Waals surface area contributed by atoms with Gasteiger partial charge in [0, 0.05) is 29.9 Å². The van der Waals surface area contributed by atoms with Crippen LogP contribution in [-0.2, 0) is 0 Å². The number of hydrogen-bond donors (Lipinski definition) is 4. The van der Waals surface area contributed by atoms with Crippen LogP contribution >= 0.6 is 0 Å². The Bertz CT molecular complexity index is 1010. The molecule has 162 valence electrons. The average Bonchev–Trinajstić information content (AvgIpc) is 3.15. The molecule has 4 N–H and O–H groups in total. The van der Waals surface area contributed by atoms with Gasteiger partial charge in [0.1, 0.15) is 11.6 Å². The molecule has 1 aromatic carbocycles. The van der Waals surface area contributed by atoms with E-state index in [-0.39, 0.29) is 23.1 Å². The van der Waals surface area contributed by atoms with Gasteiger partial charge in [0.25, 0.3) is 5.91 Å². The number of aromatic nitrogens is 2. The second-order valence-electron chi connectivity index (χ2n) is 8.33. The third kappa shape index (κ3) is 5.82. The van der Waals surface area contributed by atoms with Crippen molar-refractivity contribution in [2.75, 3.05) is 23.3 Å². The average molecular weight is 423 g/mol. The van der Waals surface area contributed by atoms with Crippen LogP contribution in [0.1, 0.15) is 43.1 Å². The van der Waals surface area contributed by atoms with Crippen LogP contribution in [0.5, 0.6) is 0 Å². The molecule has 0 aliphatic carbocycles. The Hall–Kier alpha value is -3.87. The van der Waals surface area contributed by atoms with Crippen molar-refractivity contribution < 1.29 is 14.7 Å². The largest absolute Gasteiger partial charge is 0.465 e. The number of amides is 2. The lowest BCUT2D eigenvalue weighted by atomic mass is 10.1. The van der Waals surface area contributed by atoms with Crippen LogP contribution in [0, 0.1) is 11.3 Å². The van der Waals surface area contributed by atoms with Gasteiger partial charge in [0.2, 0.25) is 5.95 Å². The van der Waals surface area contributed by atoms with E-state index in [0.717, 1.165) is 0 Å². The highest BCUT2D eigenvalue weighted by atomic mass is 16.4. The number of hydrogen-bond acceptors (Lipinski definition) is 7. The first-order valence-electron chi connectivity index (χ1n) is 9.86. The van der Waals surface area contributed by atoms with E-state index < -0.39 is 6.09 Å². The molecule has 0 bridgehead atoms. The maximum absolute atomic E-state index is 12.3. The molecule has 2 amide bonds. The van der Waals surface area contributed by atoms with Crippen LogP contribution in [0.15, 0.2) is 30.5 Å². The molecule has 10 nitrogen and oxygen atoms in total. The Balaban J connectivity index is 1.74. The summed E-state index contributed by atoms with van der Waals surface area (Å²) < 4.78 is 0. The fraction of sp³-hybridized carbons (Fsp3) is 0.381. The lowest BCUT2D eigenvalue weighted by Gasteiger charge is -2.20. The van der Waals surface area contributed by atoms with E-state index in [4.69, 9.17) is 5.11 Å².